The van der Waals surface area contributed by atoms with Gasteiger partial charge in [0.15, 0.2) is 5.76 Å². The third kappa shape index (κ3) is 2.28. The molecule has 2 heterocycles. The number of hydrogen-bond acceptors (Lipinski definition) is 3. The monoisotopic (exact) mass is 322 g/mol. The van der Waals surface area contributed by atoms with Crippen LogP contribution in [0.1, 0.15) is 17.0 Å². The number of fused-ring (bicyclic) bond motifs is 1. The molecule has 0 saturated carbocycles. The van der Waals surface area contributed by atoms with Crippen molar-refractivity contribution in [2.24, 2.45) is 0 Å². The molecule has 2 aromatic rings. The molecule has 1 amide bonds. The van der Waals surface area contributed by atoms with E-state index in [4.69, 9.17) is 4.42 Å². The fourth-order valence-electron chi connectivity index (χ4n) is 2.47. The predicted octanol–water partition coefficient (Wildman–Crippen LogP) is 2.63. The number of hydrogen-bond donors (Lipinski definition) is 1. The Hall–Kier alpha value is -1.33. The molecule has 3 rings (SSSR count). The third-order valence-electron chi connectivity index (χ3n) is 3.59. The number of amides is 1. The van der Waals surface area contributed by atoms with Crippen molar-refractivity contribution in [1.82, 2.24) is 10.2 Å². The number of para-hydroxylation sites is 1. The van der Waals surface area contributed by atoms with Crippen molar-refractivity contribution in [3.63, 3.8) is 0 Å². The maximum absolute atomic E-state index is 12.4. The van der Waals surface area contributed by atoms with Crippen molar-refractivity contribution in [2.45, 2.75) is 12.5 Å². The van der Waals surface area contributed by atoms with Crippen molar-refractivity contribution in [1.29, 1.82) is 0 Å². The topological polar surface area (TPSA) is 45.5 Å². The van der Waals surface area contributed by atoms with Crippen molar-refractivity contribution in [3.05, 3.63) is 34.5 Å². The van der Waals surface area contributed by atoms with Gasteiger partial charge in [0.2, 0.25) is 0 Å². The fourth-order valence-corrected chi connectivity index (χ4v) is 2.93. The highest BCUT2D eigenvalue weighted by atomic mass is 79.9. The Morgan fingerprint density at radius 1 is 1.53 bits per heavy atom. The number of rotatable bonds is 2. The van der Waals surface area contributed by atoms with Crippen molar-refractivity contribution >= 4 is 32.8 Å². The zero-order chi connectivity index (χ0) is 13.4. The zero-order valence-electron chi connectivity index (χ0n) is 10.6. The molecule has 0 aliphatic carbocycles. The largest absolute Gasteiger partial charge is 0.450 e. The van der Waals surface area contributed by atoms with Crippen LogP contribution >= 0.6 is 15.9 Å². The Kier molecular flexibility index (Phi) is 3.33. The SMILES string of the molecule is CNC1CCN(C(=O)c2cc3cccc(Br)c3o2)C1. The number of furan rings is 1. The minimum absolute atomic E-state index is 0.0270. The van der Waals surface area contributed by atoms with Crippen LogP contribution in [-0.4, -0.2) is 37.0 Å². The molecule has 1 fully saturated rings. The molecular weight excluding hydrogens is 308 g/mol. The van der Waals surface area contributed by atoms with Crippen LogP contribution in [0.2, 0.25) is 0 Å². The number of benzene rings is 1. The van der Waals surface area contributed by atoms with Crippen LogP contribution in [0, 0.1) is 0 Å². The second-order valence-electron chi connectivity index (χ2n) is 4.79. The van der Waals surface area contributed by atoms with Crippen molar-refractivity contribution in [2.75, 3.05) is 20.1 Å². The van der Waals surface area contributed by atoms with Gasteiger partial charge in [0, 0.05) is 24.5 Å². The highest BCUT2D eigenvalue weighted by Gasteiger charge is 2.27. The summed E-state index contributed by atoms with van der Waals surface area (Å²) >= 11 is 3.43. The van der Waals surface area contributed by atoms with E-state index in [1.54, 1.807) is 0 Å². The van der Waals surface area contributed by atoms with Gasteiger partial charge in [0.1, 0.15) is 5.58 Å². The Morgan fingerprint density at radius 2 is 2.37 bits per heavy atom. The number of nitrogens with zero attached hydrogens (tertiary/aromatic N) is 1. The molecule has 1 aromatic carbocycles. The molecule has 100 valence electrons. The van der Waals surface area contributed by atoms with E-state index in [2.05, 4.69) is 21.2 Å². The number of halogens is 1. The van der Waals surface area contributed by atoms with Gasteiger partial charge in [-0.25, -0.2) is 0 Å². The van der Waals surface area contributed by atoms with E-state index in [1.807, 2.05) is 36.2 Å². The molecule has 0 spiro atoms. The summed E-state index contributed by atoms with van der Waals surface area (Å²) in [4.78, 5) is 14.2. The van der Waals surface area contributed by atoms with Crippen LogP contribution in [0.15, 0.2) is 33.2 Å². The van der Waals surface area contributed by atoms with E-state index in [0.29, 0.717) is 11.8 Å². The van der Waals surface area contributed by atoms with Gasteiger partial charge >= 0.3 is 0 Å². The normalized spacial score (nSPS) is 19.3. The van der Waals surface area contributed by atoms with Crippen LogP contribution in [0.4, 0.5) is 0 Å². The molecule has 1 aromatic heterocycles. The number of likely N-dealkylation sites (tertiary alicyclic amines) is 1. The number of nitrogens with one attached hydrogen (secondary N) is 1. The molecule has 0 bridgehead atoms. The van der Waals surface area contributed by atoms with E-state index in [-0.39, 0.29) is 5.91 Å². The average Bonchev–Trinajstić information content (AvgIpc) is 3.05. The molecule has 1 unspecified atom stereocenters. The summed E-state index contributed by atoms with van der Waals surface area (Å²) in [6.07, 6.45) is 0.992. The lowest BCUT2D eigenvalue weighted by atomic mass is 10.2. The quantitative estimate of drug-likeness (QED) is 0.924. The molecule has 5 heteroatoms. The average molecular weight is 323 g/mol. The van der Waals surface area contributed by atoms with Crippen LogP contribution in [0.25, 0.3) is 11.0 Å². The van der Waals surface area contributed by atoms with E-state index in [9.17, 15) is 4.79 Å². The van der Waals surface area contributed by atoms with Crippen LogP contribution in [0.5, 0.6) is 0 Å². The molecular formula is C14H15BrN2O2. The Labute approximate surface area is 119 Å². The highest BCUT2D eigenvalue weighted by Crippen LogP contribution is 2.28. The maximum Gasteiger partial charge on any atom is 0.289 e. The second kappa shape index (κ2) is 4.98. The molecule has 1 aliphatic rings. The maximum atomic E-state index is 12.4. The van der Waals surface area contributed by atoms with E-state index >= 15 is 0 Å². The molecule has 1 aliphatic heterocycles. The van der Waals surface area contributed by atoms with Crippen LogP contribution < -0.4 is 5.32 Å². The highest BCUT2D eigenvalue weighted by molar-refractivity contribution is 9.10. The van der Waals surface area contributed by atoms with Crippen molar-refractivity contribution < 1.29 is 9.21 Å². The Balaban J connectivity index is 1.88. The molecule has 1 atom stereocenters. The summed E-state index contributed by atoms with van der Waals surface area (Å²) in [5.74, 6) is 0.388. The molecule has 0 radical (unpaired) electrons. The van der Waals surface area contributed by atoms with Gasteiger partial charge in [-0.2, -0.15) is 0 Å². The van der Waals surface area contributed by atoms with Gasteiger partial charge in [0.05, 0.1) is 4.47 Å². The molecule has 4 nitrogen and oxygen atoms in total. The van der Waals surface area contributed by atoms with E-state index in [1.165, 1.54) is 0 Å². The smallest absolute Gasteiger partial charge is 0.289 e. The van der Waals surface area contributed by atoms with Gasteiger partial charge in [-0.3, -0.25) is 4.79 Å². The first-order valence-electron chi connectivity index (χ1n) is 6.33. The predicted molar refractivity (Wildman–Crippen MR) is 77.3 cm³/mol. The van der Waals surface area contributed by atoms with Gasteiger partial charge in [0.25, 0.3) is 5.91 Å². The first-order valence-corrected chi connectivity index (χ1v) is 7.13. The summed E-state index contributed by atoms with van der Waals surface area (Å²) in [6, 6.07) is 7.99. The Morgan fingerprint density at radius 3 is 3.05 bits per heavy atom. The van der Waals surface area contributed by atoms with Gasteiger partial charge in [-0.05, 0) is 41.5 Å². The van der Waals surface area contributed by atoms with Crippen molar-refractivity contribution in [3.8, 4) is 0 Å². The van der Waals surface area contributed by atoms with E-state index in [0.717, 1.165) is 35.0 Å². The minimum Gasteiger partial charge on any atom is -0.450 e. The van der Waals surface area contributed by atoms with Gasteiger partial charge < -0.3 is 14.6 Å². The number of carbonyl (C=O) groups excluding carboxylic acids is 1. The first-order chi connectivity index (χ1) is 9.19. The molecule has 19 heavy (non-hydrogen) atoms. The summed E-state index contributed by atoms with van der Waals surface area (Å²) in [6.45, 7) is 1.52. The summed E-state index contributed by atoms with van der Waals surface area (Å²) in [5.41, 5.74) is 0.732. The lowest BCUT2D eigenvalue weighted by molar-refractivity contribution is 0.0760. The number of likely N-dealkylation sites (N-methyl/N-ethyl adjacent to an activating group) is 1. The summed E-state index contributed by atoms with van der Waals surface area (Å²) < 4.78 is 6.56. The Bertz CT molecular complexity index is 623. The molecule has 1 saturated heterocycles. The summed E-state index contributed by atoms with van der Waals surface area (Å²) in [7, 11) is 1.93. The zero-order valence-corrected chi connectivity index (χ0v) is 12.2. The standard InChI is InChI=1S/C14H15BrN2O2/c1-16-10-5-6-17(8-10)14(18)12-7-9-3-2-4-11(15)13(9)19-12/h2-4,7,10,16H,5-6,8H2,1H3. The summed E-state index contributed by atoms with van der Waals surface area (Å²) in [5, 5.41) is 4.15. The van der Waals surface area contributed by atoms with Gasteiger partial charge in [-0.1, -0.05) is 12.1 Å². The third-order valence-corrected chi connectivity index (χ3v) is 4.22. The lowest BCUT2D eigenvalue weighted by Crippen LogP contribution is -2.33. The van der Waals surface area contributed by atoms with Crippen LogP contribution in [-0.2, 0) is 0 Å². The minimum atomic E-state index is -0.0270. The number of carbonyl (C=O) groups is 1. The molecule has 1 N–H and O–H groups in total. The first kappa shape index (κ1) is 12.7. The van der Waals surface area contributed by atoms with E-state index < -0.39 is 0 Å². The van der Waals surface area contributed by atoms with Gasteiger partial charge in [-0.15, -0.1) is 0 Å². The fraction of sp³-hybridized carbons (Fsp3) is 0.357. The second-order valence-corrected chi connectivity index (χ2v) is 5.65. The lowest BCUT2D eigenvalue weighted by Gasteiger charge is -2.14. The van der Waals surface area contributed by atoms with Crippen LogP contribution in [0.3, 0.4) is 0 Å².